The third-order valence-electron chi connectivity index (χ3n) is 4.15. The van der Waals surface area contributed by atoms with Crippen LogP contribution in [0.3, 0.4) is 0 Å². The van der Waals surface area contributed by atoms with Crippen LogP contribution in [0.15, 0.2) is 0 Å². The van der Waals surface area contributed by atoms with Gasteiger partial charge in [-0.1, -0.05) is 26.2 Å². The van der Waals surface area contributed by atoms with Gasteiger partial charge >= 0.3 is 0 Å². The summed E-state index contributed by atoms with van der Waals surface area (Å²) in [5.74, 6) is 0.835. The Morgan fingerprint density at radius 3 is 2.36 bits per heavy atom. The lowest BCUT2D eigenvalue weighted by Crippen LogP contribution is -2.44. The van der Waals surface area contributed by atoms with Crippen LogP contribution in [0.4, 0.5) is 0 Å². The van der Waals surface area contributed by atoms with Crippen LogP contribution < -0.4 is 5.32 Å². The molecule has 14 heavy (non-hydrogen) atoms. The topological polar surface area (TPSA) is 15.3 Å². The van der Waals surface area contributed by atoms with Gasteiger partial charge in [-0.05, 0) is 32.4 Å². The van der Waals surface area contributed by atoms with Crippen molar-refractivity contribution in [2.24, 2.45) is 5.92 Å². The van der Waals surface area contributed by atoms with Crippen LogP contribution in [0.5, 0.6) is 0 Å². The second-order valence-corrected chi connectivity index (χ2v) is 5.16. The van der Waals surface area contributed by atoms with Crippen molar-refractivity contribution in [3.05, 3.63) is 0 Å². The highest BCUT2D eigenvalue weighted by Gasteiger charge is 2.30. The second kappa shape index (κ2) is 4.63. The number of nitrogens with one attached hydrogen (secondary N) is 1. The fourth-order valence-corrected chi connectivity index (χ4v) is 3.10. The fraction of sp³-hybridized carbons (Fsp3) is 1.00. The first-order chi connectivity index (χ1) is 6.79. The number of likely N-dealkylation sites (N-methyl/N-ethyl adjacent to an activating group) is 1. The molecule has 1 saturated heterocycles. The highest BCUT2D eigenvalue weighted by Crippen LogP contribution is 2.25. The molecule has 0 amide bonds. The Labute approximate surface area is 88.1 Å². The number of hydrogen-bond donors (Lipinski definition) is 1. The van der Waals surface area contributed by atoms with Crippen molar-refractivity contribution >= 4 is 0 Å². The van der Waals surface area contributed by atoms with Crippen LogP contribution in [-0.4, -0.2) is 37.1 Å². The first kappa shape index (κ1) is 10.4. The molecule has 2 nitrogen and oxygen atoms in total. The normalized spacial score (nSPS) is 35.4. The molecule has 0 aromatic rings. The van der Waals surface area contributed by atoms with E-state index in [1.54, 1.807) is 0 Å². The maximum absolute atomic E-state index is 3.50. The summed E-state index contributed by atoms with van der Waals surface area (Å²) in [5, 5.41) is 3.50. The van der Waals surface area contributed by atoms with Crippen molar-refractivity contribution in [3.8, 4) is 0 Å². The molecule has 0 aromatic heterocycles. The van der Waals surface area contributed by atoms with Crippen LogP contribution in [0, 0.1) is 5.92 Å². The monoisotopic (exact) mass is 196 g/mol. The third-order valence-corrected chi connectivity index (χ3v) is 4.15. The second-order valence-electron chi connectivity index (χ2n) is 5.16. The van der Waals surface area contributed by atoms with Gasteiger partial charge in [0, 0.05) is 18.6 Å². The summed E-state index contributed by atoms with van der Waals surface area (Å²) in [6.07, 6.45) is 7.22. The molecule has 1 aliphatic carbocycles. The van der Waals surface area contributed by atoms with Gasteiger partial charge in [-0.15, -0.1) is 0 Å². The lowest BCUT2D eigenvalue weighted by Gasteiger charge is -2.37. The minimum absolute atomic E-state index is 0.790. The smallest absolute Gasteiger partial charge is 0.0258 e. The van der Waals surface area contributed by atoms with E-state index < -0.39 is 0 Å². The molecule has 1 saturated carbocycles. The quantitative estimate of drug-likeness (QED) is 0.725. The van der Waals surface area contributed by atoms with E-state index in [9.17, 15) is 0 Å². The van der Waals surface area contributed by atoms with Crippen LogP contribution in [-0.2, 0) is 0 Å². The zero-order chi connectivity index (χ0) is 9.97. The maximum Gasteiger partial charge on any atom is 0.0258 e. The Kier molecular flexibility index (Phi) is 3.45. The van der Waals surface area contributed by atoms with Crippen molar-refractivity contribution in [2.45, 2.75) is 51.1 Å². The average molecular weight is 196 g/mol. The van der Waals surface area contributed by atoms with Gasteiger partial charge in [0.05, 0.1) is 0 Å². The molecule has 0 aromatic carbocycles. The van der Waals surface area contributed by atoms with Crippen LogP contribution in [0.25, 0.3) is 0 Å². The van der Waals surface area contributed by atoms with E-state index in [1.165, 1.54) is 45.2 Å². The van der Waals surface area contributed by atoms with Gasteiger partial charge in [-0.25, -0.2) is 0 Å². The molecule has 1 heterocycles. The Bertz CT molecular complexity index is 175. The Morgan fingerprint density at radius 1 is 1.07 bits per heavy atom. The molecule has 2 fully saturated rings. The van der Waals surface area contributed by atoms with E-state index in [4.69, 9.17) is 0 Å². The van der Waals surface area contributed by atoms with E-state index in [-0.39, 0.29) is 0 Å². The summed E-state index contributed by atoms with van der Waals surface area (Å²) in [6.45, 7) is 4.79. The highest BCUT2D eigenvalue weighted by molar-refractivity contribution is 4.88. The van der Waals surface area contributed by atoms with Gasteiger partial charge < -0.3 is 5.32 Å². The summed E-state index contributed by atoms with van der Waals surface area (Å²) >= 11 is 0. The Morgan fingerprint density at radius 2 is 1.79 bits per heavy atom. The molecule has 2 aliphatic rings. The molecule has 0 bridgehead atoms. The Balaban J connectivity index is 1.89. The summed E-state index contributed by atoms with van der Waals surface area (Å²) in [7, 11) is 2.34. The van der Waals surface area contributed by atoms with Crippen molar-refractivity contribution in [2.75, 3.05) is 20.1 Å². The van der Waals surface area contributed by atoms with Gasteiger partial charge in [0.25, 0.3) is 0 Å². The first-order valence-corrected chi connectivity index (χ1v) is 6.21. The fourth-order valence-electron chi connectivity index (χ4n) is 3.10. The van der Waals surface area contributed by atoms with Crippen LogP contribution in [0.2, 0.25) is 0 Å². The predicted octanol–water partition coefficient (Wildman–Crippen LogP) is 1.86. The molecular weight excluding hydrogens is 172 g/mol. The van der Waals surface area contributed by atoms with Gasteiger partial charge in [-0.2, -0.15) is 0 Å². The summed E-state index contributed by atoms with van der Waals surface area (Å²) in [5.41, 5.74) is 0. The van der Waals surface area contributed by atoms with E-state index in [2.05, 4.69) is 24.2 Å². The minimum atomic E-state index is 0.790. The molecular formula is C12H24N2. The minimum Gasteiger partial charge on any atom is -0.315 e. The van der Waals surface area contributed by atoms with E-state index in [0.717, 1.165) is 18.0 Å². The molecule has 2 heteroatoms. The third kappa shape index (κ3) is 2.12. The summed E-state index contributed by atoms with van der Waals surface area (Å²) < 4.78 is 0. The Hall–Kier alpha value is -0.0800. The first-order valence-electron chi connectivity index (χ1n) is 6.21. The summed E-state index contributed by atoms with van der Waals surface area (Å²) in [6, 6.07) is 1.66. The SMILES string of the molecule is CC1CNCC1N(C)C1CCCCC1. The van der Waals surface area contributed by atoms with Crippen molar-refractivity contribution < 1.29 is 0 Å². The molecule has 0 radical (unpaired) electrons. The lowest BCUT2D eigenvalue weighted by atomic mass is 9.92. The number of hydrogen-bond acceptors (Lipinski definition) is 2. The largest absolute Gasteiger partial charge is 0.315 e. The average Bonchev–Trinajstić information content (AvgIpc) is 2.65. The van der Waals surface area contributed by atoms with Crippen molar-refractivity contribution in [1.29, 1.82) is 0 Å². The number of rotatable bonds is 2. The standard InChI is InChI=1S/C12H24N2/c1-10-8-13-9-12(10)14(2)11-6-4-3-5-7-11/h10-13H,3-9H2,1-2H3. The van der Waals surface area contributed by atoms with Gasteiger partial charge in [0.1, 0.15) is 0 Å². The van der Waals surface area contributed by atoms with Crippen molar-refractivity contribution in [1.82, 2.24) is 10.2 Å². The van der Waals surface area contributed by atoms with Crippen molar-refractivity contribution in [3.63, 3.8) is 0 Å². The number of nitrogens with zero attached hydrogens (tertiary/aromatic N) is 1. The predicted molar refractivity (Wildman–Crippen MR) is 60.5 cm³/mol. The van der Waals surface area contributed by atoms with Crippen LogP contribution in [0.1, 0.15) is 39.0 Å². The zero-order valence-electron chi connectivity index (χ0n) is 9.63. The molecule has 2 atom stereocenters. The molecule has 82 valence electrons. The van der Waals surface area contributed by atoms with Gasteiger partial charge in [-0.3, -0.25) is 4.90 Å². The van der Waals surface area contributed by atoms with Gasteiger partial charge in [0.15, 0.2) is 0 Å². The summed E-state index contributed by atoms with van der Waals surface area (Å²) in [4.78, 5) is 2.66. The molecule has 0 spiro atoms. The zero-order valence-corrected chi connectivity index (χ0v) is 9.63. The van der Waals surface area contributed by atoms with Crippen LogP contribution >= 0.6 is 0 Å². The molecule has 2 rings (SSSR count). The molecule has 1 aliphatic heterocycles. The van der Waals surface area contributed by atoms with E-state index >= 15 is 0 Å². The maximum atomic E-state index is 3.50. The van der Waals surface area contributed by atoms with E-state index in [0.29, 0.717) is 0 Å². The molecule has 2 unspecified atom stereocenters. The highest BCUT2D eigenvalue weighted by atomic mass is 15.2. The van der Waals surface area contributed by atoms with Gasteiger partial charge in [0.2, 0.25) is 0 Å². The lowest BCUT2D eigenvalue weighted by molar-refractivity contribution is 0.125. The molecule has 1 N–H and O–H groups in total. The van der Waals surface area contributed by atoms with E-state index in [1.807, 2.05) is 0 Å².